The SMILES string of the molecule is O=C1c2ccccc2C(=O)c2c1cc(S)c(Cl)c2Cl. The molecule has 0 radical (unpaired) electrons. The third-order valence-corrected chi connectivity index (χ3v) is 4.43. The van der Waals surface area contributed by atoms with Crippen LogP contribution >= 0.6 is 35.8 Å². The maximum Gasteiger partial charge on any atom is 0.196 e. The van der Waals surface area contributed by atoms with Crippen molar-refractivity contribution in [2.45, 2.75) is 4.90 Å². The lowest BCUT2D eigenvalue weighted by Gasteiger charge is -2.19. The van der Waals surface area contributed by atoms with Crippen molar-refractivity contribution < 1.29 is 9.59 Å². The Kier molecular flexibility index (Phi) is 2.93. The molecule has 0 fully saturated rings. The molecule has 0 aromatic heterocycles. The van der Waals surface area contributed by atoms with E-state index < -0.39 is 0 Å². The van der Waals surface area contributed by atoms with E-state index in [1.54, 1.807) is 24.3 Å². The molecule has 2 aromatic carbocycles. The molecule has 19 heavy (non-hydrogen) atoms. The number of fused-ring (bicyclic) bond motifs is 2. The number of halogens is 2. The molecular weight excluding hydrogens is 303 g/mol. The van der Waals surface area contributed by atoms with Crippen LogP contribution in [0.3, 0.4) is 0 Å². The van der Waals surface area contributed by atoms with Gasteiger partial charge in [-0.2, -0.15) is 0 Å². The molecule has 1 aliphatic rings. The molecule has 0 unspecified atom stereocenters. The Hall–Kier alpha value is -1.29. The highest BCUT2D eigenvalue weighted by atomic mass is 35.5. The van der Waals surface area contributed by atoms with Crippen LogP contribution in [0.2, 0.25) is 10.0 Å². The fraction of sp³-hybridized carbons (Fsp3) is 0. The summed E-state index contributed by atoms with van der Waals surface area (Å²) in [5.74, 6) is -0.524. The van der Waals surface area contributed by atoms with E-state index in [-0.39, 0.29) is 32.7 Å². The lowest BCUT2D eigenvalue weighted by Crippen LogP contribution is -2.21. The predicted molar refractivity (Wildman–Crippen MR) is 77.0 cm³/mol. The molecule has 94 valence electrons. The molecule has 0 heterocycles. The molecule has 0 N–H and O–H groups in total. The summed E-state index contributed by atoms with van der Waals surface area (Å²) >= 11 is 16.2. The summed E-state index contributed by atoms with van der Waals surface area (Å²) in [7, 11) is 0. The maximum atomic E-state index is 12.4. The van der Waals surface area contributed by atoms with Crippen molar-refractivity contribution in [3.8, 4) is 0 Å². The van der Waals surface area contributed by atoms with Crippen molar-refractivity contribution >= 4 is 47.4 Å². The molecule has 1 aliphatic carbocycles. The molecular formula is C14H6Cl2O2S. The van der Waals surface area contributed by atoms with Gasteiger partial charge in [-0.1, -0.05) is 47.5 Å². The van der Waals surface area contributed by atoms with Crippen LogP contribution in [0.4, 0.5) is 0 Å². The van der Waals surface area contributed by atoms with Crippen molar-refractivity contribution in [2.75, 3.05) is 0 Å². The topological polar surface area (TPSA) is 34.1 Å². The van der Waals surface area contributed by atoms with Gasteiger partial charge in [-0.3, -0.25) is 9.59 Å². The highest BCUT2D eigenvalue weighted by Gasteiger charge is 2.32. The van der Waals surface area contributed by atoms with Gasteiger partial charge in [0, 0.05) is 21.6 Å². The third kappa shape index (κ3) is 1.73. The van der Waals surface area contributed by atoms with E-state index in [4.69, 9.17) is 23.2 Å². The summed E-state index contributed by atoms with van der Waals surface area (Å²) in [4.78, 5) is 25.2. The maximum absolute atomic E-state index is 12.4. The van der Waals surface area contributed by atoms with Gasteiger partial charge in [-0.05, 0) is 6.07 Å². The number of ketones is 2. The van der Waals surface area contributed by atoms with E-state index >= 15 is 0 Å². The molecule has 0 bridgehead atoms. The number of thiol groups is 1. The van der Waals surface area contributed by atoms with Gasteiger partial charge in [0.2, 0.25) is 0 Å². The Morgan fingerprint density at radius 3 is 2.05 bits per heavy atom. The zero-order valence-electron chi connectivity index (χ0n) is 9.41. The summed E-state index contributed by atoms with van der Waals surface area (Å²) in [5, 5.41) is 0.265. The second kappa shape index (κ2) is 4.37. The van der Waals surface area contributed by atoms with E-state index in [1.807, 2.05) is 0 Å². The van der Waals surface area contributed by atoms with E-state index in [0.29, 0.717) is 16.0 Å². The zero-order chi connectivity index (χ0) is 13.7. The lowest BCUT2D eigenvalue weighted by molar-refractivity contribution is 0.0979. The normalized spacial score (nSPS) is 13.2. The average molecular weight is 309 g/mol. The lowest BCUT2D eigenvalue weighted by atomic mass is 9.84. The molecule has 5 heteroatoms. The second-order valence-corrected chi connectivity index (χ2v) is 5.39. The smallest absolute Gasteiger partial charge is 0.196 e. The first-order chi connectivity index (χ1) is 9.02. The van der Waals surface area contributed by atoms with Crippen molar-refractivity contribution in [1.82, 2.24) is 0 Å². The van der Waals surface area contributed by atoms with Crippen molar-refractivity contribution in [3.63, 3.8) is 0 Å². The Bertz CT molecular complexity index is 753. The van der Waals surface area contributed by atoms with Gasteiger partial charge in [-0.25, -0.2) is 0 Å². The number of hydrogen-bond donors (Lipinski definition) is 1. The van der Waals surface area contributed by atoms with Crippen molar-refractivity contribution in [3.05, 3.63) is 62.6 Å². The minimum atomic E-state index is -0.287. The Balaban J connectivity index is 2.40. The van der Waals surface area contributed by atoms with Crippen LogP contribution in [-0.2, 0) is 0 Å². The van der Waals surface area contributed by atoms with Gasteiger partial charge < -0.3 is 0 Å². The van der Waals surface area contributed by atoms with Crippen LogP contribution in [0.25, 0.3) is 0 Å². The quantitative estimate of drug-likeness (QED) is 0.636. The fourth-order valence-corrected chi connectivity index (χ4v) is 2.92. The minimum absolute atomic E-state index is 0.0806. The zero-order valence-corrected chi connectivity index (χ0v) is 11.8. The summed E-state index contributed by atoms with van der Waals surface area (Å²) in [6, 6.07) is 8.14. The summed E-state index contributed by atoms with van der Waals surface area (Å²) in [5.41, 5.74) is 1.15. The Morgan fingerprint density at radius 2 is 1.42 bits per heavy atom. The summed E-state index contributed by atoms with van der Waals surface area (Å²) < 4.78 is 0. The Labute approximate surface area is 124 Å². The van der Waals surface area contributed by atoms with Crippen molar-refractivity contribution in [2.24, 2.45) is 0 Å². The fourth-order valence-electron chi connectivity index (χ4n) is 2.17. The molecule has 0 aliphatic heterocycles. The van der Waals surface area contributed by atoms with Gasteiger partial charge in [0.25, 0.3) is 0 Å². The van der Waals surface area contributed by atoms with Gasteiger partial charge in [0.1, 0.15) is 0 Å². The largest absolute Gasteiger partial charge is 0.289 e. The van der Waals surface area contributed by atoms with Crippen LogP contribution in [0.1, 0.15) is 31.8 Å². The predicted octanol–water partition coefficient (Wildman–Crippen LogP) is 4.06. The van der Waals surface area contributed by atoms with Gasteiger partial charge in [0.15, 0.2) is 11.6 Å². The van der Waals surface area contributed by atoms with E-state index in [0.717, 1.165) is 0 Å². The standard InChI is InChI=1S/C14H6Cl2O2S/c15-11-9(19)5-8-10(12(11)16)14(18)7-4-2-1-3-6(7)13(8)17/h1-5,19H. The first-order valence-corrected chi connectivity index (χ1v) is 6.62. The van der Waals surface area contributed by atoms with Crippen LogP contribution in [0, 0.1) is 0 Å². The van der Waals surface area contributed by atoms with Crippen LogP contribution in [-0.4, -0.2) is 11.6 Å². The highest BCUT2D eigenvalue weighted by molar-refractivity contribution is 7.80. The molecule has 0 saturated heterocycles. The third-order valence-electron chi connectivity index (χ3n) is 3.08. The highest BCUT2D eigenvalue weighted by Crippen LogP contribution is 2.39. The molecule has 2 nitrogen and oxygen atoms in total. The number of benzene rings is 2. The first-order valence-electron chi connectivity index (χ1n) is 5.41. The Morgan fingerprint density at radius 1 is 0.842 bits per heavy atom. The molecule has 0 atom stereocenters. The number of carbonyl (C=O) groups excluding carboxylic acids is 2. The number of carbonyl (C=O) groups is 2. The first kappa shape index (κ1) is 12.7. The second-order valence-electron chi connectivity index (χ2n) is 4.15. The average Bonchev–Trinajstić information content (AvgIpc) is 2.42. The van der Waals surface area contributed by atoms with Gasteiger partial charge in [0.05, 0.1) is 15.6 Å². The monoisotopic (exact) mass is 308 g/mol. The summed E-state index contributed by atoms with van der Waals surface area (Å²) in [6.07, 6.45) is 0. The van der Waals surface area contributed by atoms with E-state index in [1.165, 1.54) is 6.07 Å². The van der Waals surface area contributed by atoms with Crippen LogP contribution in [0.15, 0.2) is 35.2 Å². The molecule has 0 spiro atoms. The van der Waals surface area contributed by atoms with Gasteiger partial charge >= 0.3 is 0 Å². The van der Waals surface area contributed by atoms with Crippen molar-refractivity contribution in [1.29, 1.82) is 0 Å². The number of rotatable bonds is 0. The minimum Gasteiger partial charge on any atom is -0.289 e. The number of hydrogen-bond acceptors (Lipinski definition) is 3. The van der Waals surface area contributed by atoms with Crippen LogP contribution < -0.4 is 0 Å². The van der Waals surface area contributed by atoms with E-state index in [9.17, 15) is 9.59 Å². The van der Waals surface area contributed by atoms with E-state index in [2.05, 4.69) is 12.6 Å². The summed E-state index contributed by atoms with van der Waals surface area (Å²) in [6.45, 7) is 0. The molecule has 0 amide bonds. The molecule has 2 aromatic rings. The van der Waals surface area contributed by atoms with Gasteiger partial charge in [-0.15, -0.1) is 12.6 Å². The van der Waals surface area contributed by atoms with Crippen LogP contribution in [0.5, 0.6) is 0 Å². The molecule has 3 rings (SSSR count). The molecule has 0 saturated carbocycles.